The van der Waals surface area contributed by atoms with E-state index in [2.05, 4.69) is 41.0 Å². The maximum Gasteiger partial charge on any atom is 0.229 e. The van der Waals surface area contributed by atoms with Crippen molar-refractivity contribution in [3.63, 3.8) is 0 Å². The Morgan fingerprint density at radius 2 is 2.03 bits per heavy atom. The summed E-state index contributed by atoms with van der Waals surface area (Å²) in [5.74, 6) is 2.51. The lowest BCUT2D eigenvalue weighted by atomic mass is 10.1. The first-order valence-corrected chi connectivity index (χ1v) is 11.2. The number of rotatable bonds is 8. The Labute approximate surface area is 183 Å². The largest absolute Gasteiger partial charge is 0.491 e. The molecule has 3 aromatic rings. The number of ether oxygens (including phenoxy) is 1. The minimum Gasteiger partial charge on any atom is -0.491 e. The van der Waals surface area contributed by atoms with Crippen molar-refractivity contribution in [1.29, 1.82) is 0 Å². The maximum atomic E-state index is 5.97. The molecule has 1 atom stereocenters. The van der Waals surface area contributed by atoms with Crippen molar-refractivity contribution in [3.8, 4) is 5.75 Å². The van der Waals surface area contributed by atoms with E-state index in [0.717, 1.165) is 48.5 Å². The van der Waals surface area contributed by atoms with Crippen molar-refractivity contribution in [3.05, 3.63) is 41.6 Å². The van der Waals surface area contributed by atoms with Gasteiger partial charge in [0.15, 0.2) is 5.65 Å². The van der Waals surface area contributed by atoms with Crippen LogP contribution >= 0.6 is 0 Å². The molecule has 0 saturated carbocycles. The maximum absolute atomic E-state index is 5.97. The van der Waals surface area contributed by atoms with Gasteiger partial charge in [0.1, 0.15) is 5.75 Å². The smallest absolute Gasteiger partial charge is 0.229 e. The Morgan fingerprint density at radius 1 is 1.19 bits per heavy atom. The fourth-order valence-electron chi connectivity index (χ4n) is 3.83. The fourth-order valence-corrected chi connectivity index (χ4v) is 3.83. The summed E-state index contributed by atoms with van der Waals surface area (Å²) in [7, 11) is 0. The van der Waals surface area contributed by atoms with Gasteiger partial charge in [-0.2, -0.15) is 19.6 Å². The molecule has 0 bridgehead atoms. The number of nitrogens with one attached hydrogen (secondary N) is 3. The van der Waals surface area contributed by atoms with E-state index in [4.69, 9.17) is 14.7 Å². The average molecular weight is 424 g/mol. The number of nitrogens with zero attached hydrogens (tertiary/aromatic N) is 4. The summed E-state index contributed by atoms with van der Waals surface area (Å²) in [6, 6.07) is 8.41. The lowest BCUT2D eigenvalue weighted by Gasteiger charge is -2.24. The first-order valence-electron chi connectivity index (χ1n) is 11.2. The van der Waals surface area contributed by atoms with Gasteiger partial charge in [-0.05, 0) is 45.2 Å². The Hall–Kier alpha value is -2.87. The van der Waals surface area contributed by atoms with Crippen molar-refractivity contribution >= 4 is 17.5 Å². The molecule has 3 heterocycles. The van der Waals surface area contributed by atoms with Crippen LogP contribution in [0.25, 0.3) is 5.65 Å². The Bertz CT molecular complexity index is 1010. The van der Waals surface area contributed by atoms with Crippen LogP contribution < -0.4 is 20.7 Å². The van der Waals surface area contributed by atoms with Crippen LogP contribution in [0.3, 0.4) is 0 Å². The highest BCUT2D eigenvalue weighted by atomic mass is 16.5. The van der Waals surface area contributed by atoms with Crippen molar-refractivity contribution in [1.82, 2.24) is 24.9 Å². The Kier molecular flexibility index (Phi) is 6.56. The molecule has 4 rings (SSSR count). The number of hydrogen-bond donors (Lipinski definition) is 3. The molecule has 0 unspecified atom stereocenters. The van der Waals surface area contributed by atoms with Gasteiger partial charge in [-0.3, -0.25) is 0 Å². The van der Waals surface area contributed by atoms with Gasteiger partial charge >= 0.3 is 0 Å². The topological polar surface area (TPSA) is 88.4 Å². The number of hydrogen-bond acceptors (Lipinski definition) is 7. The lowest BCUT2D eigenvalue weighted by molar-refractivity contribution is 0.240. The predicted molar refractivity (Wildman–Crippen MR) is 124 cm³/mol. The molecule has 1 aromatic carbocycles. The highest BCUT2D eigenvalue weighted by molar-refractivity contribution is 5.56. The van der Waals surface area contributed by atoms with Crippen molar-refractivity contribution < 1.29 is 4.74 Å². The molecule has 2 aromatic heterocycles. The van der Waals surface area contributed by atoms with Gasteiger partial charge in [-0.1, -0.05) is 32.0 Å². The number of para-hydroxylation sites is 1. The van der Waals surface area contributed by atoms with Gasteiger partial charge in [0.05, 0.1) is 12.3 Å². The molecule has 0 spiro atoms. The summed E-state index contributed by atoms with van der Waals surface area (Å²) >= 11 is 0. The summed E-state index contributed by atoms with van der Waals surface area (Å²) < 4.78 is 7.76. The van der Waals surface area contributed by atoms with Crippen molar-refractivity contribution in [2.24, 2.45) is 0 Å². The molecule has 3 N–H and O–H groups in total. The number of benzene rings is 1. The Morgan fingerprint density at radius 3 is 2.77 bits per heavy atom. The molecule has 1 aliphatic rings. The average Bonchev–Trinajstić information content (AvgIpc) is 3.18. The van der Waals surface area contributed by atoms with Crippen LogP contribution in [0.5, 0.6) is 5.75 Å². The summed E-state index contributed by atoms with van der Waals surface area (Å²) in [6.07, 6.45) is 4.27. The van der Waals surface area contributed by atoms with Gasteiger partial charge in [-0.25, -0.2) is 0 Å². The first-order chi connectivity index (χ1) is 15.0. The van der Waals surface area contributed by atoms with Gasteiger partial charge in [0, 0.05) is 30.3 Å². The minimum absolute atomic E-state index is 0.117. The van der Waals surface area contributed by atoms with Crippen LogP contribution in [0.4, 0.5) is 11.9 Å². The van der Waals surface area contributed by atoms with Crippen molar-refractivity contribution in [2.75, 3.05) is 23.7 Å². The monoisotopic (exact) mass is 423 g/mol. The number of piperidine rings is 1. The minimum atomic E-state index is 0.117. The molecule has 0 radical (unpaired) electrons. The standard InChI is InChI=1S/C23H33N7O/c1-15(2)19-14-26-30-21(19)28-22(27-18-9-7-11-24-13-18)29-23(30)25-12-17-8-5-6-10-20(17)31-16(3)4/h5-6,8,10,14-16,18,24H,7,9,11-13H2,1-4H3,(H2,25,27,28,29)/t18-/m1/s1. The fraction of sp³-hybridized carbons (Fsp3) is 0.522. The van der Waals surface area contributed by atoms with Crippen LogP contribution in [0.1, 0.15) is 57.6 Å². The molecule has 0 amide bonds. The molecule has 1 aliphatic heterocycles. The van der Waals surface area contributed by atoms with Crippen LogP contribution in [-0.4, -0.2) is 44.8 Å². The van der Waals surface area contributed by atoms with Crippen LogP contribution in [0, 0.1) is 0 Å². The second-order valence-corrected chi connectivity index (χ2v) is 8.68. The lowest BCUT2D eigenvalue weighted by Crippen LogP contribution is -2.38. The third-order valence-electron chi connectivity index (χ3n) is 5.42. The van der Waals surface area contributed by atoms with E-state index in [1.165, 1.54) is 0 Å². The molecule has 1 saturated heterocycles. The molecular weight excluding hydrogens is 390 g/mol. The molecular formula is C23H33N7O. The van der Waals surface area contributed by atoms with Crippen LogP contribution in [-0.2, 0) is 6.54 Å². The zero-order valence-electron chi connectivity index (χ0n) is 18.9. The number of fused-ring (bicyclic) bond motifs is 1. The SMILES string of the molecule is CC(C)Oc1ccccc1CNc1nc(N[C@@H]2CCCNC2)nc2c(C(C)C)cnn12. The number of aromatic nitrogens is 4. The normalized spacial score (nSPS) is 16.8. The quantitative estimate of drug-likeness (QED) is 0.508. The molecule has 1 fully saturated rings. The molecule has 166 valence electrons. The number of anilines is 2. The Balaban J connectivity index is 1.63. The third kappa shape index (κ3) is 5.07. The second-order valence-electron chi connectivity index (χ2n) is 8.68. The zero-order valence-corrected chi connectivity index (χ0v) is 18.9. The molecule has 31 heavy (non-hydrogen) atoms. The molecule has 0 aliphatic carbocycles. The summed E-state index contributed by atoms with van der Waals surface area (Å²) in [5, 5.41) is 15.0. The van der Waals surface area contributed by atoms with Gasteiger partial charge < -0.3 is 20.7 Å². The van der Waals surface area contributed by atoms with E-state index in [9.17, 15) is 0 Å². The van der Waals surface area contributed by atoms with E-state index in [-0.39, 0.29) is 6.10 Å². The molecule has 8 heteroatoms. The summed E-state index contributed by atoms with van der Waals surface area (Å²) in [6.45, 7) is 11.0. The van der Waals surface area contributed by atoms with E-state index in [0.29, 0.717) is 30.4 Å². The first kappa shape index (κ1) is 21.4. The van der Waals surface area contributed by atoms with Crippen LogP contribution in [0.2, 0.25) is 0 Å². The van der Waals surface area contributed by atoms with Gasteiger partial charge in [0.25, 0.3) is 0 Å². The van der Waals surface area contributed by atoms with Crippen molar-refractivity contribution in [2.45, 2.75) is 65.1 Å². The molecule has 8 nitrogen and oxygen atoms in total. The van der Waals surface area contributed by atoms with Gasteiger partial charge in [-0.15, -0.1) is 0 Å². The predicted octanol–water partition coefficient (Wildman–Crippen LogP) is 3.81. The van der Waals surface area contributed by atoms with Crippen LogP contribution in [0.15, 0.2) is 30.5 Å². The highest BCUT2D eigenvalue weighted by Gasteiger charge is 2.18. The van der Waals surface area contributed by atoms with E-state index >= 15 is 0 Å². The van der Waals surface area contributed by atoms with Gasteiger partial charge in [0.2, 0.25) is 11.9 Å². The van der Waals surface area contributed by atoms with E-state index in [1.807, 2.05) is 38.2 Å². The highest BCUT2D eigenvalue weighted by Crippen LogP contribution is 2.24. The van der Waals surface area contributed by atoms with E-state index < -0.39 is 0 Å². The summed E-state index contributed by atoms with van der Waals surface area (Å²) in [4.78, 5) is 9.58. The zero-order chi connectivity index (χ0) is 21.8. The second kappa shape index (κ2) is 9.51. The van der Waals surface area contributed by atoms with E-state index in [1.54, 1.807) is 4.52 Å². The summed E-state index contributed by atoms with van der Waals surface area (Å²) in [5.41, 5.74) is 3.02. The third-order valence-corrected chi connectivity index (χ3v) is 5.42.